The Balaban J connectivity index is 2.25. The number of hydrogen-bond acceptors (Lipinski definition) is 10. The lowest BCUT2D eigenvalue weighted by Gasteiger charge is -2.42. The van der Waals surface area contributed by atoms with Crippen LogP contribution in [-0.4, -0.2) is 88.2 Å². The monoisotopic (exact) mass is 390 g/mol. The molecule has 1 saturated heterocycles. The molecule has 0 bridgehead atoms. The van der Waals surface area contributed by atoms with E-state index in [1.165, 1.54) is 6.08 Å². The minimum Gasteiger partial charge on any atom is -0.481 e. The van der Waals surface area contributed by atoms with E-state index < -0.39 is 67.4 Å². The van der Waals surface area contributed by atoms with Gasteiger partial charge < -0.3 is 44.5 Å². The first kappa shape index (κ1) is 21.3. The highest BCUT2D eigenvalue weighted by Crippen LogP contribution is 2.35. The van der Waals surface area contributed by atoms with E-state index in [1.807, 2.05) is 0 Å². The fourth-order valence-electron chi connectivity index (χ4n) is 2.94. The van der Waals surface area contributed by atoms with Crippen molar-refractivity contribution in [2.45, 2.75) is 37.0 Å². The first-order valence-electron chi connectivity index (χ1n) is 8.02. The van der Waals surface area contributed by atoms with Gasteiger partial charge in [0.25, 0.3) is 0 Å². The summed E-state index contributed by atoms with van der Waals surface area (Å²) in [6.07, 6.45) is -6.99. The van der Waals surface area contributed by atoms with Crippen LogP contribution in [0.5, 0.6) is 0 Å². The molecule has 0 unspecified atom stereocenters. The Morgan fingerprint density at radius 2 is 1.89 bits per heavy atom. The Hall–Kier alpha value is -2.02. The topological polar surface area (TPSA) is 172 Å². The zero-order valence-corrected chi connectivity index (χ0v) is 14.4. The molecule has 0 radical (unpaired) electrons. The van der Waals surface area contributed by atoms with Crippen molar-refractivity contribution in [1.29, 1.82) is 0 Å². The summed E-state index contributed by atoms with van der Waals surface area (Å²) < 4.78 is 20.4. The number of carbonyl (C=O) groups excluding carboxylic acids is 1. The smallest absolute Gasteiger partial charge is 0.337 e. The second kappa shape index (κ2) is 8.78. The maximum atomic E-state index is 11.8. The molecule has 2 heterocycles. The molecule has 11 heteroatoms. The summed E-state index contributed by atoms with van der Waals surface area (Å²) >= 11 is 0. The summed E-state index contributed by atoms with van der Waals surface area (Å²) in [4.78, 5) is 23.4. The van der Waals surface area contributed by atoms with E-state index in [0.29, 0.717) is 0 Å². The number of ether oxygens (including phenoxy) is 4. The molecule has 0 saturated carbocycles. The molecule has 2 aliphatic heterocycles. The summed E-state index contributed by atoms with van der Waals surface area (Å²) in [5.74, 6) is -4.74. The van der Waals surface area contributed by atoms with Crippen molar-refractivity contribution in [1.82, 2.24) is 0 Å². The summed E-state index contributed by atoms with van der Waals surface area (Å²) in [5, 5.41) is 48.3. The van der Waals surface area contributed by atoms with Gasteiger partial charge in [-0.3, -0.25) is 4.79 Å². The number of aliphatic hydroxyl groups excluding tert-OH is 4. The summed E-state index contributed by atoms with van der Waals surface area (Å²) in [5.41, 5.74) is -0.261. The van der Waals surface area contributed by atoms with Crippen LogP contribution < -0.4 is 0 Å². The van der Waals surface area contributed by atoms with Crippen molar-refractivity contribution in [2.24, 2.45) is 11.8 Å². The van der Waals surface area contributed by atoms with Gasteiger partial charge in [0.2, 0.25) is 6.29 Å². The molecule has 27 heavy (non-hydrogen) atoms. The van der Waals surface area contributed by atoms with Crippen LogP contribution in [0.3, 0.4) is 0 Å². The average Bonchev–Trinajstić information content (AvgIpc) is 2.66. The van der Waals surface area contributed by atoms with Crippen molar-refractivity contribution in [2.75, 3.05) is 13.7 Å². The van der Waals surface area contributed by atoms with Crippen LogP contribution in [0.25, 0.3) is 0 Å². The third-order valence-electron chi connectivity index (χ3n) is 4.44. The second-order valence-electron chi connectivity index (χ2n) is 6.03. The van der Waals surface area contributed by atoms with Crippen LogP contribution in [-0.2, 0) is 28.5 Å². The largest absolute Gasteiger partial charge is 0.481 e. The van der Waals surface area contributed by atoms with Gasteiger partial charge in [0, 0.05) is 0 Å². The molecule has 2 aliphatic rings. The lowest BCUT2D eigenvalue weighted by atomic mass is 9.84. The molecule has 0 aromatic carbocycles. The van der Waals surface area contributed by atoms with Crippen molar-refractivity contribution in [3.8, 4) is 0 Å². The molecule has 0 aliphatic carbocycles. The highest BCUT2D eigenvalue weighted by Gasteiger charge is 2.48. The highest BCUT2D eigenvalue weighted by molar-refractivity contribution is 5.95. The van der Waals surface area contributed by atoms with Gasteiger partial charge in [0.1, 0.15) is 30.3 Å². The normalized spacial score (nSPS) is 39.1. The number of carboxylic acids is 1. The molecule has 0 aromatic heterocycles. The Labute approximate surface area is 154 Å². The second-order valence-corrected chi connectivity index (χ2v) is 6.03. The van der Waals surface area contributed by atoms with E-state index in [1.54, 1.807) is 0 Å². The van der Waals surface area contributed by atoms with Gasteiger partial charge in [0.15, 0.2) is 6.29 Å². The molecule has 0 spiro atoms. The van der Waals surface area contributed by atoms with Gasteiger partial charge in [-0.05, 0) is 0 Å². The number of hydrogen-bond donors (Lipinski definition) is 5. The fourth-order valence-corrected chi connectivity index (χ4v) is 2.94. The number of aliphatic hydroxyl groups is 4. The third kappa shape index (κ3) is 4.13. The molecule has 11 nitrogen and oxygen atoms in total. The minimum atomic E-state index is -1.70. The lowest BCUT2D eigenvalue weighted by Crippen LogP contribution is -2.60. The van der Waals surface area contributed by atoms with Gasteiger partial charge in [-0.2, -0.15) is 0 Å². The maximum Gasteiger partial charge on any atom is 0.337 e. The van der Waals surface area contributed by atoms with Gasteiger partial charge in [-0.1, -0.05) is 6.08 Å². The average molecular weight is 390 g/mol. The molecule has 0 aromatic rings. The Morgan fingerprint density at radius 1 is 1.22 bits per heavy atom. The molecular weight excluding hydrogens is 368 g/mol. The minimum absolute atomic E-state index is 0.261. The van der Waals surface area contributed by atoms with E-state index in [4.69, 9.17) is 14.2 Å². The number of carbonyl (C=O) groups is 2. The molecule has 1 fully saturated rings. The fraction of sp³-hybridized carbons (Fsp3) is 0.625. The molecule has 8 atom stereocenters. The maximum absolute atomic E-state index is 11.8. The Kier molecular flexibility index (Phi) is 6.92. The van der Waals surface area contributed by atoms with Crippen LogP contribution >= 0.6 is 0 Å². The molecule has 2 rings (SSSR count). The quantitative estimate of drug-likeness (QED) is 0.244. The zero-order valence-electron chi connectivity index (χ0n) is 14.4. The van der Waals surface area contributed by atoms with Crippen LogP contribution in [0, 0.1) is 11.8 Å². The van der Waals surface area contributed by atoms with Crippen molar-refractivity contribution in [3.05, 3.63) is 24.5 Å². The Morgan fingerprint density at radius 3 is 2.41 bits per heavy atom. The summed E-state index contributed by atoms with van der Waals surface area (Å²) in [6, 6.07) is 0. The van der Waals surface area contributed by atoms with Crippen LogP contribution in [0.15, 0.2) is 24.5 Å². The SMILES string of the molecule is C=C[C@H]1[C@H](O[C@@H]2O[C@H](CO)[C@@H](O)[C@H](O)[C@H]2O)OC=C(C(=O)OC)[C@H]1C(=O)O. The van der Waals surface area contributed by atoms with Crippen molar-refractivity contribution >= 4 is 11.9 Å². The molecule has 5 N–H and O–H groups in total. The van der Waals surface area contributed by atoms with Crippen LogP contribution in [0.2, 0.25) is 0 Å². The molecule has 152 valence electrons. The van der Waals surface area contributed by atoms with E-state index in [9.17, 15) is 35.1 Å². The first-order valence-corrected chi connectivity index (χ1v) is 8.02. The van der Waals surface area contributed by atoms with Gasteiger partial charge in [0.05, 0.1) is 31.5 Å². The predicted octanol–water partition coefficient (Wildman–Crippen LogP) is -2.28. The third-order valence-corrected chi connectivity index (χ3v) is 4.44. The lowest BCUT2D eigenvalue weighted by molar-refractivity contribution is -0.339. The zero-order chi connectivity index (χ0) is 20.3. The standard InChI is InChI=1S/C16H22O11/c1-3-6-9(13(21)22)7(14(23)24-2)5-25-15(6)27-16-12(20)11(19)10(18)8(4-17)26-16/h3,5-6,8-12,15-20H,1,4H2,2H3,(H,21,22)/t6-,8-,9+,10-,11+,12-,15+,16+/m1/s1. The van der Waals surface area contributed by atoms with Crippen molar-refractivity contribution < 1.29 is 54.1 Å². The van der Waals surface area contributed by atoms with Gasteiger partial charge in [-0.15, -0.1) is 6.58 Å². The van der Waals surface area contributed by atoms with E-state index in [0.717, 1.165) is 13.4 Å². The summed E-state index contributed by atoms with van der Waals surface area (Å²) in [7, 11) is 1.08. The van der Waals surface area contributed by atoms with Crippen LogP contribution in [0.1, 0.15) is 0 Å². The van der Waals surface area contributed by atoms with E-state index >= 15 is 0 Å². The summed E-state index contributed by atoms with van der Waals surface area (Å²) in [6.45, 7) is 2.86. The van der Waals surface area contributed by atoms with Crippen molar-refractivity contribution in [3.63, 3.8) is 0 Å². The van der Waals surface area contributed by atoms with E-state index in [-0.39, 0.29) is 5.57 Å². The number of esters is 1. The van der Waals surface area contributed by atoms with Gasteiger partial charge >= 0.3 is 11.9 Å². The van der Waals surface area contributed by atoms with Crippen LogP contribution in [0.4, 0.5) is 0 Å². The molecular formula is C16H22O11. The Bertz CT molecular complexity index is 601. The highest BCUT2D eigenvalue weighted by atomic mass is 16.8. The first-order chi connectivity index (χ1) is 12.8. The number of aliphatic carboxylic acids is 1. The number of carboxylic acid groups (broad SMARTS) is 1. The predicted molar refractivity (Wildman–Crippen MR) is 84.6 cm³/mol. The van der Waals surface area contributed by atoms with E-state index in [2.05, 4.69) is 11.3 Å². The molecule has 0 amide bonds. The number of methoxy groups -OCH3 is 1. The number of rotatable bonds is 6. The van der Waals surface area contributed by atoms with Gasteiger partial charge in [-0.25, -0.2) is 4.79 Å².